The van der Waals surface area contributed by atoms with E-state index in [0.717, 1.165) is 24.3 Å². The number of carbonyl (C=O) groups is 2. The second-order valence-electron chi connectivity index (χ2n) is 4.87. The third-order valence-electron chi connectivity index (χ3n) is 3.38. The highest BCUT2D eigenvalue weighted by molar-refractivity contribution is 6.39. The van der Waals surface area contributed by atoms with Crippen LogP contribution in [0.15, 0.2) is 18.2 Å². The summed E-state index contributed by atoms with van der Waals surface area (Å²) in [7, 11) is 1.53. The van der Waals surface area contributed by atoms with Gasteiger partial charge >= 0.3 is 11.8 Å². The second kappa shape index (κ2) is 9.04. The summed E-state index contributed by atoms with van der Waals surface area (Å²) in [6.07, 6.45) is 0. The highest BCUT2D eigenvalue weighted by atomic mass is 16.5. The summed E-state index contributed by atoms with van der Waals surface area (Å²) in [5.74, 6) is -1.33. The van der Waals surface area contributed by atoms with E-state index < -0.39 is 11.8 Å². The van der Waals surface area contributed by atoms with E-state index in [1.54, 1.807) is 0 Å². The molecule has 0 aliphatic rings. The minimum atomic E-state index is -0.671. The average molecular weight is 307 g/mol. The second-order valence-corrected chi connectivity index (χ2v) is 4.87. The molecule has 0 radical (unpaired) electrons. The van der Waals surface area contributed by atoms with E-state index in [9.17, 15) is 9.59 Å². The van der Waals surface area contributed by atoms with E-state index in [2.05, 4.69) is 29.4 Å². The molecule has 6 heteroatoms. The monoisotopic (exact) mass is 307 g/mol. The first-order valence-electron chi connectivity index (χ1n) is 7.47. The lowest BCUT2D eigenvalue weighted by molar-refractivity contribution is -0.136. The maximum atomic E-state index is 11.8. The molecule has 2 N–H and O–H groups in total. The Labute approximate surface area is 131 Å². The van der Waals surface area contributed by atoms with Crippen LogP contribution in [0.5, 0.6) is 0 Å². The van der Waals surface area contributed by atoms with Crippen molar-refractivity contribution in [3.05, 3.63) is 23.8 Å². The van der Waals surface area contributed by atoms with Crippen molar-refractivity contribution in [3.63, 3.8) is 0 Å². The highest BCUT2D eigenvalue weighted by Crippen LogP contribution is 2.22. The summed E-state index contributed by atoms with van der Waals surface area (Å²) >= 11 is 0. The molecule has 2 amide bonds. The normalized spacial score (nSPS) is 10.2. The SMILES string of the molecule is CCN(CC)c1ccc(NC(=O)C(=O)NCCOC)c(C)c1. The first-order valence-corrected chi connectivity index (χ1v) is 7.47. The summed E-state index contributed by atoms with van der Waals surface area (Å²) in [4.78, 5) is 25.6. The van der Waals surface area contributed by atoms with Crippen molar-refractivity contribution in [1.82, 2.24) is 5.32 Å². The van der Waals surface area contributed by atoms with Gasteiger partial charge < -0.3 is 20.3 Å². The van der Waals surface area contributed by atoms with Gasteiger partial charge in [0, 0.05) is 38.1 Å². The van der Waals surface area contributed by atoms with Crippen LogP contribution in [0.25, 0.3) is 0 Å². The molecule has 0 spiro atoms. The van der Waals surface area contributed by atoms with E-state index in [-0.39, 0.29) is 0 Å². The van der Waals surface area contributed by atoms with E-state index in [1.807, 2.05) is 25.1 Å². The Morgan fingerprint density at radius 3 is 2.41 bits per heavy atom. The molecule has 0 saturated carbocycles. The maximum absolute atomic E-state index is 11.8. The zero-order valence-electron chi connectivity index (χ0n) is 13.7. The molecule has 0 unspecified atom stereocenters. The van der Waals surface area contributed by atoms with Gasteiger partial charge in [-0.3, -0.25) is 9.59 Å². The molecule has 6 nitrogen and oxygen atoms in total. The first kappa shape index (κ1) is 18.0. The molecular weight excluding hydrogens is 282 g/mol. The molecule has 1 rings (SSSR count). The van der Waals surface area contributed by atoms with Crippen molar-refractivity contribution < 1.29 is 14.3 Å². The standard InChI is InChI=1S/C16H25N3O3/c1-5-19(6-2)13-7-8-14(12(3)11-13)18-16(21)15(20)17-9-10-22-4/h7-8,11H,5-6,9-10H2,1-4H3,(H,17,20)(H,18,21). The minimum Gasteiger partial charge on any atom is -0.383 e. The maximum Gasteiger partial charge on any atom is 0.313 e. The number of ether oxygens (including phenoxy) is 1. The lowest BCUT2D eigenvalue weighted by Crippen LogP contribution is -2.37. The molecule has 22 heavy (non-hydrogen) atoms. The lowest BCUT2D eigenvalue weighted by Gasteiger charge is -2.22. The molecule has 0 aromatic heterocycles. The topological polar surface area (TPSA) is 70.7 Å². The Hall–Kier alpha value is -2.08. The molecule has 0 aliphatic heterocycles. The van der Waals surface area contributed by atoms with E-state index in [4.69, 9.17) is 4.74 Å². The number of hydrogen-bond acceptors (Lipinski definition) is 4. The number of benzene rings is 1. The van der Waals surface area contributed by atoms with Gasteiger partial charge in [0.2, 0.25) is 0 Å². The van der Waals surface area contributed by atoms with Crippen LogP contribution in [0.2, 0.25) is 0 Å². The van der Waals surface area contributed by atoms with Crippen molar-refractivity contribution in [1.29, 1.82) is 0 Å². The summed E-state index contributed by atoms with van der Waals surface area (Å²) in [5.41, 5.74) is 2.66. The Bertz CT molecular complexity index is 513. The van der Waals surface area contributed by atoms with Gasteiger partial charge in [0.25, 0.3) is 0 Å². The molecule has 0 bridgehead atoms. The Kier molecular flexibility index (Phi) is 7.39. The molecular formula is C16H25N3O3. The third-order valence-corrected chi connectivity index (χ3v) is 3.38. The minimum absolute atomic E-state index is 0.308. The van der Waals surface area contributed by atoms with Crippen molar-refractivity contribution in [2.24, 2.45) is 0 Å². The van der Waals surface area contributed by atoms with Gasteiger partial charge in [0.15, 0.2) is 0 Å². The van der Waals surface area contributed by atoms with Gasteiger partial charge in [-0.05, 0) is 44.5 Å². The molecule has 122 valence electrons. The van der Waals surface area contributed by atoms with Gasteiger partial charge in [0.05, 0.1) is 6.61 Å². The molecule has 0 saturated heterocycles. The Morgan fingerprint density at radius 1 is 1.18 bits per heavy atom. The molecule has 1 aromatic rings. The van der Waals surface area contributed by atoms with E-state index in [1.165, 1.54) is 7.11 Å². The van der Waals surface area contributed by atoms with Crippen LogP contribution < -0.4 is 15.5 Å². The number of nitrogens with zero attached hydrogens (tertiary/aromatic N) is 1. The number of anilines is 2. The fraction of sp³-hybridized carbons (Fsp3) is 0.500. The van der Waals surface area contributed by atoms with E-state index >= 15 is 0 Å². The zero-order valence-corrected chi connectivity index (χ0v) is 13.7. The largest absolute Gasteiger partial charge is 0.383 e. The van der Waals surface area contributed by atoms with E-state index in [0.29, 0.717) is 18.8 Å². The smallest absolute Gasteiger partial charge is 0.313 e. The van der Waals surface area contributed by atoms with Crippen molar-refractivity contribution in [2.45, 2.75) is 20.8 Å². The molecule has 0 atom stereocenters. The lowest BCUT2D eigenvalue weighted by atomic mass is 10.1. The molecule has 0 aliphatic carbocycles. The number of nitrogens with one attached hydrogen (secondary N) is 2. The van der Waals surface area contributed by atoms with Gasteiger partial charge in [0.1, 0.15) is 0 Å². The quantitative estimate of drug-likeness (QED) is 0.592. The fourth-order valence-electron chi connectivity index (χ4n) is 2.10. The van der Waals surface area contributed by atoms with Crippen molar-refractivity contribution >= 4 is 23.2 Å². The molecule has 0 fully saturated rings. The van der Waals surface area contributed by atoms with Crippen molar-refractivity contribution in [2.75, 3.05) is 43.6 Å². The number of hydrogen-bond donors (Lipinski definition) is 2. The van der Waals surface area contributed by atoms with Gasteiger partial charge in [-0.2, -0.15) is 0 Å². The van der Waals surface area contributed by atoms with Crippen LogP contribution in [0.4, 0.5) is 11.4 Å². The molecule has 0 heterocycles. The summed E-state index contributed by atoms with van der Waals surface area (Å²) in [6, 6.07) is 5.77. The van der Waals surface area contributed by atoms with Crippen LogP contribution in [0, 0.1) is 6.92 Å². The van der Waals surface area contributed by atoms with Crippen LogP contribution in [0.3, 0.4) is 0 Å². The number of methoxy groups -OCH3 is 1. The van der Waals surface area contributed by atoms with Crippen LogP contribution >= 0.6 is 0 Å². The third kappa shape index (κ3) is 5.04. The fourth-order valence-corrected chi connectivity index (χ4v) is 2.10. The summed E-state index contributed by atoms with van der Waals surface area (Å²) in [6.45, 7) is 8.62. The van der Waals surface area contributed by atoms with Crippen LogP contribution in [-0.2, 0) is 14.3 Å². The average Bonchev–Trinajstić information content (AvgIpc) is 2.51. The highest BCUT2D eigenvalue weighted by Gasteiger charge is 2.14. The van der Waals surface area contributed by atoms with Crippen LogP contribution in [0.1, 0.15) is 19.4 Å². The first-order chi connectivity index (χ1) is 10.5. The summed E-state index contributed by atoms with van der Waals surface area (Å²) in [5, 5.41) is 5.12. The predicted octanol–water partition coefficient (Wildman–Crippen LogP) is 1.54. The Morgan fingerprint density at radius 2 is 1.86 bits per heavy atom. The van der Waals surface area contributed by atoms with Gasteiger partial charge in [-0.1, -0.05) is 0 Å². The summed E-state index contributed by atoms with van der Waals surface area (Å²) < 4.78 is 4.82. The zero-order chi connectivity index (χ0) is 16.5. The van der Waals surface area contributed by atoms with Crippen LogP contribution in [-0.4, -0.2) is 45.2 Å². The predicted molar refractivity (Wildman–Crippen MR) is 88.3 cm³/mol. The van der Waals surface area contributed by atoms with Gasteiger partial charge in [-0.15, -0.1) is 0 Å². The number of aryl methyl sites for hydroxylation is 1. The Balaban J connectivity index is 2.70. The number of rotatable bonds is 7. The molecule has 1 aromatic carbocycles. The number of amides is 2. The van der Waals surface area contributed by atoms with Gasteiger partial charge in [-0.25, -0.2) is 0 Å². The number of carbonyl (C=O) groups excluding carboxylic acids is 2. The van der Waals surface area contributed by atoms with Crippen molar-refractivity contribution in [3.8, 4) is 0 Å².